The molecule has 30 heavy (non-hydrogen) atoms. The number of aryl methyl sites for hydroxylation is 2. The van der Waals surface area contributed by atoms with Gasteiger partial charge in [0.05, 0.1) is 6.54 Å². The Kier molecular flexibility index (Phi) is 5.03. The molecule has 0 aliphatic carbocycles. The van der Waals surface area contributed by atoms with Gasteiger partial charge >= 0.3 is 5.69 Å². The fourth-order valence-corrected chi connectivity index (χ4v) is 3.68. The first-order chi connectivity index (χ1) is 14.4. The summed E-state index contributed by atoms with van der Waals surface area (Å²) in [5.41, 5.74) is 3.46. The highest BCUT2D eigenvalue weighted by molar-refractivity contribution is 5.74. The van der Waals surface area contributed by atoms with Gasteiger partial charge in [-0.1, -0.05) is 60.2 Å². The van der Waals surface area contributed by atoms with E-state index >= 15 is 0 Å². The van der Waals surface area contributed by atoms with Gasteiger partial charge in [-0.15, -0.1) is 0 Å². The minimum absolute atomic E-state index is 0.341. The Morgan fingerprint density at radius 1 is 0.900 bits per heavy atom. The number of hydrogen-bond donors (Lipinski definition) is 0. The van der Waals surface area contributed by atoms with Crippen LogP contribution in [-0.4, -0.2) is 25.7 Å². The van der Waals surface area contributed by atoms with Crippen LogP contribution in [0, 0.1) is 6.92 Å². The number of nitrogens with zero attached hydrogens (tertiary/aromatic N) is 5. The van der Waals surface area contributed by atoms with E-state index in [1.165, 1.54) is 17.2 Å². The molecule has 0 atom stereocenters. The highest BCUT2D eigenvalue weighted by atomic mass is 16.2. The monoisotopic (exact) mass is 403 g/mol. The molecule has 7 nitrogen and oxygen atoms in total. The third kappa shape index (κ3) is 3.43. The smallest absolute Gasteiger partial charge is 0.332 e. The van der Waals surface area contributed by atoms with E-state index in [0.29, 0.717) is 30.2 Å². The van der Waals surface area contributed by atoms with Crippen LogP contribution in [0.3, 0.4) is 0 Å². The van der Waals surface area contributed by atoms with Crippen LogP contribution in [0.5, 0.6) is 0 Å². The molecule has 154 valence electrons. The van der Waals surface area contributed by atoms with Gasteiger partial charge in [0.1, 0.15) is 0 Å². The number of benzene rings is 2. The van der Waals surface area contributed by atoms with Crippen molar-refractivity contribution in [3.63, 3.8) is 0 Å². The molecule has 0 radical (unpaired) electrons. The number of anilines is 1. The lowest BCUT2D eigenvalue weighted by molar-refractivity contribution is 0.701. The summed E-state index contributed by atoms with van der Waals surface area (Å²) >= 11 is 0. The number of fused-ring (bicyclic) bond motifs is 1. The van der Waals surface area contributed by atoms with Gasteiger partial charge in [-0.2, -0.15) is 4.98 Å². The zero-order valence-electron chi connectivity index (χ0n) is 17.7. The zero-order valence-corrected chi connectivity index (χ0v) is 17.7. The lowest BCUT2D eigenvalue weighted by Crippen LogP contribution is -2.37. The van der Waals surface area contributed by atoms with E-state index in [0.717, 1.165) is 15.7 Å². The van der Waals surface area contributed by atoms with Crippen LogP contribution in [0.2, 0.25) is 0 Å². The Morgan fingerprint density at radius 2 is 1.57 bits per heavy atom. The molecule has 0 fully saturated rings. The molecule has 0 N–H and O–H groups in total. The van der Waals surface area contributed by atoms with E-state index in [1.54, 1.807) is 7.05 Å². The summed E-state index contributed by atoms with van der Waals surface area (Å²) in [6.07, 6.45) is 0. The van der Waals surface area contributed by atoms with E-state index in [9.17, 15) is 9.59 Å². The average molecular weight is 403 g/mol. The van der Waals surface area contributed by atoms with E-state index in [1.807, 2.05) is 41.6 Å². The quantitative estimate of drug-likeness (QED) is 0.513. The standard InChI is InChI=1S/C23H25N5O2/c1-16-10-12-18(13-11-16)15-28-19-20(26(3)23(30)27(4)21(19)29)24-22(28)25(2)14-17-8-6-5-7-9-17/h5-13H,14-15H2,1-4H3. The Hall–Kier alpha value is -3.61. The maximum Gasteiger partial charge on any atom is 0.332 e. The molecule has 0 aliphatic heterocycles. The number of rotatable bonds is 5. The van der Waals surface area contributed by atoms with Crippen molar-refractivity contribution in [1.82, 2.24) is 18.7 Å². The molecule has 0 saturated heterocycles. The minimum atomic E-state index is -0.384. The van der Waals surface area contributed by atoms with Gasteiger partial charge in [-0.25, -0.2) is 4.79 Å². The Morgan fingerprint density at radius 3 is 2.23 bits per heavy atom. The van der Waals surface area contributed by atoms with Crippen LogP contribution in [-0.2, 0) is 27.2 Å². The van der Waals surface area contributed by atoms with Crippen LogP contribution in [0.1, 0.15) is 16.7 Å². The molecule has 0 spiro atoms. The molecule has 0 aliphatic rings. The van der Waals surface area contributed by atoms with Gasteiger partial charge in [0.15, 0.2) is 11.2 Å². The third-order valence-corrected chi connectivity index (χ3v) is 5.39. The van der Waals surface area contributed by atoms with Crippen molar-refractivity contribution >= 4 is 17.1 Å². The second kappa shape index (κ2) is 7.67. The van der Waals surface area contributed by atoms with Gasteiger partial charge in [0.2, 0.25) is 5.95 Å². The molecular weight excluding hydrogens is 378 g/mol. The van der Waals surface area contributed by atoms with Crippen molar-refractivity contribution in [3.8, 4) is 0 Å². The van der Waals surface area contributed by atoms with Crippen molar-refractivity contribution in [2.45, 2.75) is 20.0 Å². The third-order valence-electron chi connectivity index (χ3n) is 5.39. The second-order valence-corrected chi connectivity index (χ2v) is 7.70. The van der Waals surface area contributed by atoms with Gasteiger partial charge < -0.3 is 4.90 Å². The maximum atomic E-state index is 13.0. The summed E-state index contributed by atoms with van der Waals surface area (Å²) in [6, 6.07) is 18.3. The number of aromatic nitrogens is 4. The molecule has 2 aromatic carbocycles. The van der Waals surface area contributed by atoms with Gasteiger partial charge in [-0.05, 0) is 18.1 Å². The summed E-state index contributed by atoms with van der Waals surface area (Å²) < 4.78 is 4.48. The molecule has 0 unspecified atom stereocenters. The molecule has 0 saturated carbocycles. The van der Waals surface area contributed by atoms with Crippen LogP contribution in [0.25, 0.3) is 11.2 Å². The molecule has 4 rings (SSSR count). The fraction of sp³-hybridized carbons (Fsp3) is 0.261. The summed E-state index contributed by atoms with van der Waals surface area (Å²) in [4.78, 5) is 32.2. The van der Waals surface area contributed by atoms with E-state index in [2.05, 4.69) is 36.4 Å². The van der Waals surface area contributed by atoms with Gasteiger partial charge in [-0.3, -0.25) is 18.5 Å². The largest absolute Gasteiger partial charge is 0.341 e. The lowest BCUT2D eigenvalue weighted by Gasteiger charge is -2.20. The lowest BCUT2D eigenvalue weighted by atomic mass is 10.1. The predicted octanol–water partition coefficient (Wildman–Crippen LogP) is 2.43. The average Bonchev–Trinajstić information content (AvgIpc) is 3.12. The molecule has 0 bridgehead atoms. The van der Waals surface area contributed by atoms with Gasteiger partial charge in [0.25, 0.3) is 5.56 Å². The molecular formula is C23H25N5O2. The topological polar surface area (TPSA) is 65.1 Å². The van der Waals surface area contributed by atoms with Crippen molar-refractivity contribution in [2.75, 3.05) is 11.9 Å². The Bertz CT molecular complexity index is 1310. The molecule has 0 amide bonds. The first kappa shape index (κ1) is 19.7. The molecule has 7 heteroatoms. The zero-order chi connectivity index (χ0) is 21.4. The van der Waals surface area contributed by atoms with Crippen LogP contribution >= 0.6 is 0 Å². The Balaban J connectivity index is 1.90. The van der Waals surface area contributed by atoms with Crippen molar-refractivity contribution < 1.29 is 0 Å². The minimum Gasteiger partial charge on any atom is -0.341 e. The summed E-state index contributed by atoms with van der Waals surface area (Å²) in [7, 11) is 5.09. The normalized spacial score (nSPS) is 11.2. The van der Waals surface area contributed by atoms with Crippen LogP contribution in [0.4, 0.5) is 5.95 Å². The van der Waals surface area contributed by atoms with Crippen molar-refractivity contribution in [1.29, 1.82) is 0 Å². The van der Waals surface area contributed by atoms with Crippen molar-refractivity contribution in [2.24, 2.45) is 14.1 Å². The highest BCUT2D eigenvalue weighted by Gasteiger charge is 2.21. The first-order valence-corrected chi connectivity index (χ1v) is 9.83. The SMILES string of the molecule is Cc1ccc(Cn2c(N(C)Cc3ccccc3)nc3c2c(=O)n(C)c(=O)n3C)cc1. The van der Waals surface area contributed by atoms with E-state index < -0.39 is 0 Å². The van der Waals surface area contributed by atoms with Gasteiger partial charge in [0, 0.05) is 27.7 Å². The van der Waals surface area contributed by atoms with Crippen LogP contribution < -0.4 is 16.1 Å². The second-order valence-electron chi connectivity index (χ2n) is 7.70. The fourth-order valence-electron chi connectivity index (χ4n) is 3.68. The van der Waals surface area contributed by atoms with Crippen LogP contribution in [0.15, 0.2) is 64.2 Å². The summed E-state index contributed by atoms with van der Waals surface area (Å²) in [6.45, 7) is 3.16. The number of imidazole rings is 1. The summed E-state index contributed by atoms with van der Waals surface area (Å²) in [5, 5.41) is 0. The van der Waals surface area contributed by atoms with E-state index in [-0.39, 0.29) is 11.2 Å². The van der Waals surface area contributed by atoms with Crippen molar-refractivity contribution in [3.05, 3.63) is 92.1 Å². The predicted molar refractivity (Wildman–Crippen MR) is 119 cm³/mol. The molecule has 4 aromatic rings. The Labute approximate surface area is 174 Å². The molecule has 2 aromatic heterocycles. The number of hydrogen-bond acceptors (Lipinski definition) is 4. The summed E-state index contributed by atoms with van der Waals surface area (Å²) in [5.74, 6) is 0.646. The maximum absolute atomic E-state index is 13.0. The van der Waals surface area contributed by atoms with E-state index in [4.69, 9.17) is 4.98 Å². The highest BCUT2D eigenvalue weighted by Crippen LogP contribution is 2.22. The molecule has 2 heterocycles. The first-order valence-electron chi connectivity index (χ1n) is 9.83.